The largest absolute Gasteiger partial charge is 0.394 e. The molecule has 9 heteroatoms. The first-order valence-electron chi connectivity index (χ1n) is 5.73. The lowest BCUT2D eigenvalue weighted by Gasteiger charge is -2.08. The van der Waals surface area contributed by atoms with Gasteiger partial charge in [-0.1, -0.05) is 18.5 Å². The summed E-state index contributed by atoms with van der Waals surface area (Å²) in [4.78, 5) is 18.2. The molecule has 8 nitrogen and oxygen atoms in total. The molecule has 0 aliphatic rings. The number of aromatic nitrogens is 2. The van der Waals surface area contributed by atoms with Crippen molar-refractivity contribution in [1.29, 1.82) is 0 Å². The van der Waals surface area contributed by atoms with E-state index in [4.69, 9.17) is 21.4 Å². The Labute approximate surface area is 114 Å². The summed E-state index contributed by atoms with van der Waals surface area (Å²) in [5, 5.41) is 22.0. The van der Waals surface area contributed by atoms with Gasteiger partial charge in [0.2, 0.25) is 11.0 Å². The first-order chi connectivity index (χ1) is 9.10. The van der Waals surface area contributed by atoms with Gasteiger partial charge in [0, 0.05) is 13.0 Å². The predicted molar refractivity (Wildman–Crippen MR) is 69.5 cm³/mol. The molecule has 0 aromatic carbocycles. The number of nitrogens with one attached hydrogen (secondary N) is 1. The van der Waals surface area contributed by atoms with Gasteiger partial charge in [0.05, 0.1) is 24.7 Å². The third-order valence-corrected chi connectivity index (χ3v) is 2.42. The molecule has 1 rings (SSSR count). The number of aliphatic hydroxyl groups is 1. The van der Waals surface area contributed by atoms with E-state index in [1.165, 1.54) is 0 Å². The van der Waals surface area contributed by atoms with Gasteiger partial charge in [-0.15, -0.1) is 0 Å². The normalized spacial score (nSPS) is 10.5. The second-order valence-corrected chi connectivity index (χ2v) is 3.86. The van der Waals surface area contributed by atoms with E-state index in [0.717, 1.165) is 0 Å². The van der Waals surface area contributed by atoms with E-state index in [9.17, 15) is 10.1 Å². The first-order valence-corrected chi connectivity index (χ1v) is 6.11. The SMILES string of the molecule is CCc1nc(Cl)c([N+](=O)[O-])c(NCCOCCO)n1. The van der Waals surface area contributed by atoms with Crippen molar-refractivity contribution >= 4 is 23.1 Å². The van der Waals surface area contributed by atoms with Gasteiger partial charge in [-0.05, 0) is 0 Å². The number of rotatable bonds is 8. The molecule has 19 heavy (non-hydrogen) atoms. The smallest absolute Gasteiger partial charge is 0.348 e. The Hall–Kier alpha value is -1.51. The molecule has 1 aromatic heterocycles. The van der Waals surface area contributed by atoms with E-state index >= 15 is 0 Å². The van der Waals surface area contributed by atoms with E-state index < -0.39 is 4.92 Å². The van der Waals surface area contributed by atoms with E-state index in [2.05, 4.69) is 15.3 Å². The van der Waals surface area contributed by atoms with Crippen LogP contribution in [0.3, 0.4) is 0 Å². The summed E-state index contributed by atoms with van der Waals surface area (Å²) < 4.78 is 5.03. The fraction of sp³-hybridized carbons (Fsp3) is 0.600. The average molecular weight is 291 g/mol. The Morgan fingerprint density at radius 1 is 1.47 bits per heavy atom. The number of aryl methyl sites for hydroxylation is 1. The number of ether oxygens (including phenoxy) is 1. The molecule has 0 atom stereocenters. The van der Waals surface area contributed by atoms with Crippen LogP contribution in [0.2, 0.25) is 5.15 Å². The molecule has 0 aliphatic heterocycles. The van der Waals surface area contributed by atoms with Crippen LogP contribution in [0.4, 0.5) is 11.5 Å². The summed E-state index contributed by atoms with van der Waals surface area (Å²) in [5.74, 6) is 0.504. The molecule has 0 saturated heterocycles. The van der Waals surface area contributed by atoms with Crippen molar-refractivity contribution in [3.63, 3.8) is 0 Å². The number of hydrogen-bond donors (Lipinski definition) is 2. The zero-order chi connectivity index (χ0) is 14.3. The second-order valence-electron chi connectivity index (χ2n) is 3.50. The highest BCUT2D eigenvalue weighted by Gasteiger charge is 2.22. The molecular weight excluding hydrogens is 276 g/mol. The molecule has 0 bridgehead atoms. The monoisotopic (exact) mass is 290 g/mol. The van der Waals surface area contributed by atoms with Gasteiger partial charge in [-0.2, -0.15) is 0 Å². The molecule has 0 radical (unpaired) electrons. The predicted octanol–water partition coefficient (Wildman–Crippen LogP) is 1.02. The minimum Gasteiger partial charge on any atom is -0.394 e. The Kier molecular flexibility index (Phi) is 6.40. The van der Waals surface area contributed by atoms with Crippen LogP contribution in [0.1, 0.15) is 12.7 Å². The number of halogens is 1. The van der Waals surface area contributed by atoms with Crippen LogP contribution >= 0.6 is 11.6 Å². The summed E-state index contributed by atoms with van der Waals surface area (Å²) in [5.41, 5.74) is -0.346. The van der Waals surface area contributed by atoms with Crippen molar-refractivity contribution < 1.29 is 14.8 Å². The van der Waals surface area contributed by atoms with Crippen LogP contribution in [0.5, 0.6) is 0 Å². The summed E-state index contributed by atoms with van der Waals surface area (Å²) in [6.45, 7) is 2.58. The first kappa shape index (κ1) is 15.5. The van der Waals surface area contributed by atoms with Crippen molar-refractivity contribution in [1.82, 2.24) is 9.97 Å². The molecule has 0 spiro atoms. The van der Waals surface area contributed by atoms with E-state index in [0.29, 0.717) is 25.4 Å². The van der Waals surface area contributed by atoms with E-state index in [1.807, 2.05) is 6.92 Å². The van der Waals surface area contributed by atoms with Gasteiger partial charge in [-0.3, -0.25) is 10.1 Å². The summed E-state index contributed by atoms with van der Waals surface area (Å²) in [6, 6.07) is 0. The lowest BCUT2D eigenvalue weighted by Crippen LogP contribution is -2.14. The fourth-order valence-electron chi connectivity index (χ4n) is 1.32. The molecule has 0 amide bonds. The Balaban J connectivity index is 2.78. The highest BCUT2D eigenvalue weighted by atomic mass is 35.5. The number of hydrogen-bond acceptors (Lipinski definition) is 7. The zero-order valence-electron chi connectivity index (χ0n) is 10.4. The second kappa shape index (κ2) is 7.82. The molecule has 0 fully saturated rings. The molecule has 1 aromatic rings. The van der Waals surface area contributed by atoms with E-state index in [1.54, 1.807) is 0 Å². The molecular formula is C10H15ClN4O4. The number of nitrogens with zero attached hydrogens (tertiary/aromatic N) is 3. The van der Waals surface area contributed by atoms with Gasteiger partial charge in [0.15, 0.2) is 0 Å². The van der Waals surface area contributed by atoms with Crippen molar-refractivity contribution in [3.8, 4) is 0 Å². The molecule has 0 unspecified atom stereocenters. The topological polar surface area (TPSA) is 110 Å². The number of aliphatic hydroxyl groups excluding tert-OH is 1. The Bertz CT molecular complexity index is 444. The van der Waals surface area contributed by atoms with Crippen LogP contribution < -0.4 is 5.32 Å². The summed E-state index contributed by atoms with van der Waals surface area (Å²) >= 11 is 5.77. The van der Waals surface area contributed by atoms with Gasteiger partial charge in [0.25, 0.3) is 0 Å². The van der Waals surface area contributed by atoms with Crippen LogP contribution in [-0.4, -0.2) is 46.4 Å². The summed E-state index contributed by atoms with van der Waals surface area (Å²) in [6.07, 6.45) is 0.521. The standard InChI is InChI=1S/C10H15ClN4O4/c1-2-7-13-9(11)8(15(17)18)10(14-7)12-3-5-19-6-4-16/h16H,2-6H2,1H3,(H,12,13,14). The highest BCUT2D eigenvalue weighted by Crippen LogP contribution is 2.29. The minimum absolute atomic E-state index is 0.0700. The highest BCUT2D eigenvalue weighted by molar-refractivity contribution is 6.31. The molecule has 0 saturated carbocycles. The molecule has 106 valence electrons. The number of nitro groups is 1. The maximum Gasteiger partial charge on any atom is 0.348 e. The molecule has 0 aliphatic carbocycles. The quantitative estimate of drug-likeness (QED) is 0.318. The fourth-order valence-corrected chi connectivity index (χ4v) is 1.58. The van der Waals surface area contributed by atoms with Crippen molar-refractivity contribution in [2.45, 2.75) is 13.3 Å². The third kappa shape index (κ3) is 4.58. The average Bonchev–Trinajstić information content (AvgIpc) is 2.37. The lowest BCUT2D eigenvalue weighted by molar-refractivity contribution is -0.384. The van der Waals surface area contributed by atoms with Crippen molar-refractivity contribution in [2.75, 3.05) is 31.7 Å². The van der Waals surface area contributed by atoms with E-state index in [-0.39, 0.29) is 29.9 Å². The van der Waals surface area contributed by atoms with Crippen molar-refractivity contribution in [3.05, 3.63) is 21.1 Å². The van der Waals surface area contributed by atoms with Crippen molar-refractivity contribution in [2.24, 2.45) is 0 Å². The maximum atomic E-state index is 10.9. The Morgan fingerprint density at radius 2 is 2.21 bits per heavy atom. The van der Waals surface area contributed by atoms with Gasteiger partial charge < -0.3 is 15.2 Å². The molecule has 1 heterocycles. The number of anilines is 1. The van der Waals surface area contributed by atoms with Gasteiger partial charge in [-0.25, -0.2) is 9.97 Å². The third-order valence-electron chi connectivity index (χ3n) is 2.16. The van der Waals surface area contributed by atoms with Gasteiger partial charge in [0.1, 0.15) is 5.82 Å². The van der Waals surface area contributed by atoms with Gasteiger partial charge >= 0.3 is 5.69 Å². The maximum absolute atomic E-state index is 10.9. The van der Waals surface area contributed by atoms with Crippen LogP contribution in [0, 0.1) is 10.1 Å². The Morgan fingerprint density at radius 3 is 2.79 bits per heavy atom. The zero-order valence-corrected chi connectivity index (χ0v) is 11.2. The lowest BCUT2D eigenvalue weighted by atomic mass is 10.4. The minimum atomic E-state index is -0.626. The molecule has 2 N–H and O–H groups in total. The van der Waals surface area contributed by atoms with Crippen LogP contribution in [0.25, 0.3) is 0 Å². The van der Waals surface area contributed by atoms with Crippen LogP contribution in [-0.2, 0) is 11.2 Å². The summed E-state index contributed by atoms with van der Waals surface area (Å²) in [7, 11) is 0. The van der Waals surface area contributed by atoms with Crippen LogP contribution in [0.15, 0.2) is 0 Å².